The van der Waals surface area contributed by atoms with E-state index >= 15 is 0 Å². The highest BCUT2D eigenvalue weighted by Gasteiger charge is 2.31. The van der Waals surface area contributed by atoms with Crippen LogP contribution in [0.3, 0.4) is 0 Å². The van der Waals surface area contributed by atoms with Crippen LogP contribution in [0.15, 0.2) is 59.6 Å². The second-order valence-electron chi connectivity index (χ2n) is 9.17. The number of pyridine rings is 1. The zero-order valence-electron chi connectivity index (χ0n) is 21.8. The van der Waals surface area contributed by atoms with Gasteiger partial charge in [-0.25, -0.2) is 19.2 Å². The first-order valence-electron chi connectivity index (χ1n) is 12.3. The molecule has 1 unspecified atom stereocenters. The average Bonchev–Trinajstić information content (AvgIpc) is 2.99. The number of rotatable bonds is 8. The molecule has 0 radical (unpaired) electrons. The van der Waals surface area contributed by atoms with E-state index in [-0.39, 0.29) is 42.0 Å². The maximum Gasteiger partial charge on any atom is 0.247 e. The van der Waals surface area contributed by atoms with Crippen molar-refractivity contribution in [2.24, 2.45) is 5.84 Å². The molecule has 9 nitrogen and oxygen atoms in total. The van der Waals surface area contributed by atoms with Crippen molar-refractivity contribution < 1.29 is 17.9 Å². The van der Waals surface area contributed by atoms with Crippen LogP contribution in [0.1, 0.15) is 41.5 Å². The summed E-state index contributed by atoms with van der Waals surface area (Å²) in [6.07, 6.45) is 1.94. The fourth-order valence-electron chi connectivity index (χ4n) is 4.52. The lowest BCUT2D eigenvalue weighted by molar-refractivity contribution is -0.111. The van der Waals surface area contributed by atoms with Gasteiger partial charge in [0.1, 0.15) is 17.3 Å². The summed E-state index contributed by atoms with van der Waals surface area (Å²) in [5.41, 5.74) is 10.1. The van der Waals surface area contributed by atoms with Gasteiger partial charge in [-0.1, -0.05) is 49.0 Å². The Labute approximate surface area is 228 Å². The average molecular weight is 556 g/mol. The second-order valence-corrected chi connectivity index (χ2v) is 12.4. The molecular formula is C27H33N5O4S2. The van der Waals surface area contributed by atoms with Crippen LogP contribution in [0, 0.1) is 6.92 Å². The molecule has 1 atom stereocenters. The van der Waals surface area contributed by atoms with E-state index in [1.807, 2.05) is 32.0 Å². The van der Waals surface area contributed by atoms with Crippen molar-refractivity contribution in [1.29, 1.82) is 0 Å². The SMILES string of the molecule is CCSC(=O)CC(c1cnc(N(C)N)c(N)c1)c1ccc(C)c(CN2CCOc3ccccc3S2(=O)=O)c1. The second kappa shape index (κ2) is 11.7. The molecule has 2 aromatic carbocycles. The van der Waals surface area contributed by atoms with E-state index in [1.54, 1.807) is 43.6 Å². The largest absolute Gasteiger partial charge is 0.491 e. The number of hydrogen-bond acceptors (Lipinski definition) is 9. The monoisotopic (exact) mass is 555 g/mol. The van der Waals surface area contributed by atoms with Crippen molar-refractivity contribution in [3.05, 3.63) is 77.0 Å². The summed E-state index contributed by atoms with van der Waals surface area (Å²) in [5, 5.41) is 1.40. The molecule has 202 valence electrons. The Bertz CT molecular complexity index is 1430. The first-order chi connectivity index (χ1) is 18.1. The van der Waals surface area contributed by atoms with Crippen molar-refractivity contribution in [2.45, 2.75) is 37.6 Å². The standard InChI is InChI=1S/C27H33N5O4S2/c1-4-37-26(33)15-22(20-14-23(28)27(30-16-20)31(3)29)19-10-9-18(2)21(13-19)17-32-11-12-36-24-7-5-6-8-25(24)38(32,34)35/h5-10,13-14,16,22H,4,11-12,15,17,28-29H2,1-3H3. The number of aryl methyl sites for hydroxylation is 1. The molecule has 0 amide bonds. The number of sulfonamides is 1. The van der Waals surface area contributed by atoms with Gasteiger partial charge in [0.25, 0.3) is 0 Å². The van der Waals surface area contributed by atoms with Gasteiger partial charge in [-0.05, 0) is 53.1 Å². The van der Waals surface area contributed by atoms with Crippen LogP contribution in [-0.4, -0.2) is 48.8 Å². The number of hydrazine groups is 1. The number of thioether (sulfide) groups is 1. The topological polar surface area (TPSA) is 132 Å². The van der Waals surface area contributed by atoms with Gasteiger partial charge in [0.15, 0.2) is 10.9 Å². The van der Waals surface area contributed by atoms with E-state index in [2.05, 4.69) is 4.98 Å². The zero-order valence-corrected chi connectivity index (χ0v) is 23.4. The Hall–Kier alpha value is -3.12. The summed E-state index contributed by atoms with van der Waals surface area (Å²) in [5.74, 6) is 7.01. The number of nitrogens with two attached hydrogens (primary N) is 2. The van der Waals surface area contributed by atoms with Crippen molar-refractivity contribution >= 4 is 38.4 Å². The molecule has 0 aliphatic carbocycles. The van der Waals surface area contributed by atoms with Crippen molar-refractivity contribution in [3.63, 3.8) is 0 Å². The molecule has 4 rings (SSSR count). The van der Waals surface area contributed by atoms with Crippen LogP contribution >= 0.6 is 11.8 Å². The van der Waals surface area contributed by atoms with Crippen LogP contribution in [0.5, 0.6) is 5.75 Å². The molecule has 1 aromatic heterocycles. The third kappa shape index (κ3) is 5.96. The predicted molar refractivity (Wildman–Crippen MR) is 152 cm³/mol. The van der Waals surface area contributed by atoms with E-state index in [4.69, 9.17) is 16.3 Å². The molecule has 0 bridgehead atoms. The summed E-state index contributed by atoms with van der Waals surface area (Å²) in [7, 11) is -2.10. The van der Waals surface area contributed by atoms with Crippen LogP contribution in [0.25, 0.3) is 0 Å². The molecule has 0 saturated carbocycles. The van der Waals surface area contributed by atoms with Gasteiger partial charge in [0.05, 0.1) is 5.69 Å². The molecule has 38 heavy (non-hydrogen) atoms. The highest BCUT2D eigenvalue weighted by atomic mass is 32.2. The summed E-state index contributed by atoms with van der Waals surface area (Å²) in [6.45, 7) is 4.56. The maximum atomic E-state index is 13.5. The number of carbonyl (C=O) groups excluding carboxylic acids is 1. The smallest absolute Gasteiger partial charge is 0.247 e. The third-order valence-electron chi connectivity index (χ3n) is 6.52. The Balaban J connectivity index is 1.71. The number of anilines is 2. The normalized spacial score (nSPS) is 15.7. The molecular weight excluding hydrogens is 522 g/mol. The van der Waals surface area contributed by atoms with Crippen LogP contribution in [-0.2, 0) is 21.4 Å². The van der Waals surface area contributed by atoms with E-state index in [0.29, 0.717) is 23.0 Å². The summed E-state index contributed by atoms with van der Waals surface area (Å²) in [6, 6.07) is 14.4. The molecule has 0 saturated heterocycles. The lowest BCUT2D eigenvalue weighted by Crippen LogP contribution is -2.32. The molecule has 3 aromatic rings. The molecule has 2 heterocycles. The van der Waals surface area contributed by atoms with E-state index in [9.17, 15) is 13.2 Å². The summed E-state index contributed by atoms with van der Waals surface area (Å²) >= 11 is 1.27. The van der Waals surface area contributed by atoms with Gasteiger partial charge < -0.3 is 10.5 Å². The Morgan fingerprint density at radius 2 is 1.97 bits per heavy atom. The first-order valence-corrected chi connectivity index (χ1v) is 14.7. The van der Waals surface area contributed by atoms with Crippen molar-refractivity contribution in [1.82, 2.24) is 9.29 Å². The first kappa shape index (κ1) is 27.9. The number of nitrogen functional groups attached to an aromatic ring is 1. The maximum absolute atomic E-state index is 13.5. The van der Waals surface area contributed by atoms with Crippen molar-refractivity contribution in [3.8, 4) is 5.75 Å². The minimum atomic E-state index is -3.76. The number of carbonyl (C=O) groups is 1. The Morgan fingerprint density at radius 3 is 2.68 bits per heavy atom. The Kier molecular flexibility index (Phi) is 8.61. The summed E-state index contributed by atoms with van der Waals surface area (Å²) in [4.78, 5) is 17.3. The Morgan fingerprint density at radius 1 is 1.21 bits per heavy atom. The number of hydrogen-bond donors (Lipinski definition) is 2. The molecule has 0 spiro atoms. The number of para-hydroxylation sites is 1. The third-order valence-corrected chi connectivity index (χ3v) is 9.18. The van der Waals surface area contributed by atoms with Gasteiger partial charge in [-0.15, -0.1) is 0 Å². The fourth-order valence-corrected chi connectivity index (χ4v) is 6.66. The van der Waals surface area contributed by atoms with Gasteiger partial charge in [0, 0.05) is 38.7 Å². The quantitative estimate of drug-likeness (QED) is 0.316. The molecule has 1 aliphatic heterocycles. The highest BCUT2D eigenvalue weighted by Crippen LogP contribution is 2.35. The number of nitrogens with zero attached hydrogens (tertiary/aromatic N) is 3. The van der Waals surface area contributed by atoms with E-state index in [1.165, 1.54) is 21.1 Å². The number of ether oxygens (including phenoxy) is 1. The molecule has 4 N–H and O–H groups in total. The van der Waals surface area contributed by atoms with Crippen LogP contribution in [0.4, 0.5) is 11.5 Å². The number of fused-ring (bicyclic) bond motifs is 1. The molecule has 11 heteroatoms. The van der Waals surface area contributed by atoms with Gasteiger partial charge in [0.2, 0.25) is 10.0 Å². The van der Waals surface area contributed by atoms with Gasteiger partial charge in [-0.2, -0.15) is 4.31 Å². The summed E-state index contributed by atoms with van der Waals surface area (Å²) < 4.78 is 34.1. The number of aromatic nitrogens is 1. The zero-order chi connectivity index (χ0) is 27.4. The van der Waals surface area contributed by atoms with Crippen molar-refractivity contribution in [2.75, 3.05) is 36.7 Å². The van der Waals surface area contributed by atoms with Crippen LogP contribution in [0.2, 0.25) is 0 Å². The van der Waals surface area contributed by atoms with Gasteiger partial charge >= 0.3 is 0 Å². The molecule has 1 aliphatic rings. The molecule has 0 fully saturated rings. The minimum absolute atomic E-state index is 0.0575. The predicted octanol–water partition coefficient (Wildman–Crippen LogP) is 3.67. The number of benzene rings is 2. The van der Waals surface area contributed by atoms with E-state index < -0.39 is 10.0 Å². The highest BCUT2D eigenvalue weighted by molar-refractivity contribution is 8.13. The van der Waals surface area contributed by atoms with Gasteiger partial charge in [-0.3, -0.25) is 9.80 Å². The fraction of sp³-hybridized carbons (Fsp3) is 0.333. The van der Waals surface area contributed by atoms with E-state index in [0.717, 1.165) is 22.3 Å². The minimum Gasteiger partial charge on any atom is -0.491 e. The lowest BCUT2D eigenvalue weighted by atomic mass is 9.87. The van der Waals surface area contributed by atoms with Crippen LogP contribution < -0.4 is 21.3 Å². The lowest BCUT2D eigenvalue weighted by Gasteiger charge is -2.23.